The van der Waals surface area contributed by atoms with Gasteiger partial charge in [-0.05, 0) is 59.6 Å². The second-order valence-electron chi connectivity index (χ2n) is 12.8. The van der Waals surface area contributed by atoms with Gasteiger partial charge in [0.1, 0.15) is 28.0 Å². The van der Waals surface area contributed by atoms with E-state index < -0.39 is 21.3 Å². The molecule has 11 heteroatoms. The summed E-state index contributed by atoms with van der Waals surface area (Å²) in [6.07, 6.45) is 2.25. The lowest BCUT2D eigenvalue weighted by molar-refractivity contribution is -0.114. The van der Waals surface area contributed by atoms with Crippen LogP contribution in [0.15, 0.2) is 70.6 Å². The van der Waals surface area contributed by atoms with Crippen LogP contribution in [0.3, 0.4) is 0 Å². The van der Waals surface area contributed by atoms with Crippen LogP contribution in [0, 0.1) is 0 Å². The number of amidine groups is 1. The van der Waals surface area contributed by atoms with E-state index in [1.807, 2.05) is 6.07 Å². The quantitative estimate of drug-likeness (QED) is 0.137. The molecule has 1 atom stereocenters. The smallest absolute Gasteiger partial charge is 0.267 e. The highest BCUT2D eigenvalue weighted by atomic mass is 35.5. The molecule has 1 heterocycles. The number of hydrogen-bond acceptors (Lipinski definition) is 7. The molecule has 0 aliphatic carbocycles. The second-order valence-corrected chi connectivity index (χ2v) is 15.1. The van der Waals surface area contributed by atoms with Gasteiger partial charge in [-0.15, -0.1) is 11.6 Å². The zero-order valence-electron chi connectivity index (χ0n) is 28.5. The van der Waals surface area contributed by atoms with Crippen LogP contribution in [0.1, 0.15) is 71.9 Å². The van der Waals surface area contributed by atoms with Crippen LogP contribution in [0.5, 0.6) is 17.2 Å². The van der Waals surface area contributed by atoms with E-state index in [9.17, 15) is 13.2 Å². The summed E-state index contributed by atoms with van der Waals surface area (Å²) < 4.78 is 45.9. The Labute approximate surface area is 284 Å². The largest absolute Gasteiger partial charge is 0.497 e. The summed E-state index contributed by atoms with van der Waals surface area (Å²) in [6, 6.07) is 17.7. The number of nitrogens with zero attached hydrogens (tertiary/aromatic N) is 2. The van der Waals surface area contributed by atoms with Crippen molar-refractivity contribution in [3.63, 3.8) is 0 Å². The molecule has 254 valence electrons. The van der Waals surface area contributed by atoms with E-state index in [4.69, 9.17) is 25.8 Å². The molecule has 9 nitrogen and oxygen atoms in total. The molecule has 0 aromatic heterocycles. The van der Waals surface area contributed by atoms with Crippen molar-refractivity contribution in [1.82, 2.24) is 4.31 Å². The van der Waals surface area contributed by atoms with Crippen LogP contribution >= 0.6 is 11.6 Å². The van der Waals surface area contributed by atoms with E-state index in [0.717, 1.165) is 28.5 Å². The molecule has 0 bridgehead atoms. The van der Waals surface area contributed by atoms with E-state index in [1.54, 1.807) is 36.4 Å². The Hall–Kier alpha value is -3.76. The number of aliphatic imine (C=N–C) groups is 1. The SMILES string of the molecule is CCC(C)(C)c1ccc(OCCCN2C(C(Cl)C(=O)Nc3cc(OC)ccc3OC)=Nc3ccccc3S2(=O)=O)c(C(C)(C)CC)c1. The third-order valence-electron chi connectivity index (χ3n) is 9.07. The Morgan fingerprint density at radius 2 is 1.62 bits per heavy atom. The predicted molar refractivity (Wildman–Crippen MR) is 188 cm³/mol. The number of sulfonamides is 1. The number of nitrogens with one attached hydrogen (secondary N) is 1. The Morgan fingerprint density at radius 3 is 2.28 bits per heavy atom. The third kappa shape index (κ3) is 7.70. The van der Waals surface area contributed by atoms with Gasteiger partial charge in [0.15, 0.2) is 5.38 Å². The first kappa shape index (κ1) is 36.1. The molecule has 1 unspecified atom stereocenters. The van der Waals surface area contributed by atoms with Gasteiger partial charge < -0.3 is 19.5 Å². The lowest BCUT2D eigenvalue weighted by atomic mass is 9.76. The number of methoxy groups -OCH3 is 2. The maximum atomic E-state index is 13.9. The molecule has 0 saturated carbocycles. The van der Waals surface area contributed by atoms with Crippen molar-refractivity contribution in [3.05, 3.63) is 71.8 Å². The minimum absolute atomic E-state index is 0.00192. The molecule has 0 spiro atoms. The van der Waals surface area contributed by atoms with Crippen LogP contribution < -0.4 is 19.5 Å². The summed E-state index contributed by atoms with van der Waals surface area (Å²) in [5.41, 5.74) is 2.80. The monoisotopic (exact) mass is 683 g/mol. The molecule has 3 aromatic rings. The summed E-state index contributed by atoms with van der Waals surface area (Å²) in [6.45, 7) is 13.5. The van der Waals surface area contributed by atoms with Crippen molar-refractivity contribution in [1.29, 1.82) is 0 Å². The Kier molecular flexibility index (Phi) is 11.2. The second kappa shape index (κ2) is 14.6. The van der Waals surface area contributed by atoms with E-state index in [2.05, 4.69) is 64.0 Å². The average Bonchev–Trinajstić information content (AvgIpc) is 3.06. The molecule has 0 saturated heterocycles. The zero-order chi connectivity index (χ0) is 34.6. The molecule has 1 N–H and O–H groups in total. The van der Waals surface area contributed by atoms with Crippen molar-refractivity contribution < 1.29 is 27.4 Å². The van der Waals surface area contributed by atoms with Crippen molar-refractivity contribution in [3.8, 4) is 17.2 Å². The van der Waals surface area contributed by atoms with Crippen molar-refractivity contribution in [2.24, 2.45) is 4.99 Å². The molecule has 0 fully saturated rings. The molecule has 1 aliphatic rings. The Morgan fingerprint density at radius 1 is 0.936 bits per heavy atom. The first-order chi connectivity index (χ1) is 22.2. The first-order valence-electron chi connectivity index (χ1n) is 15.8. The van der Waals surface area contributed by atoms with Gasteiger partial charge in [-0.25, -0.2) is 13.4 Å². The summed E-state index contributed by atoms with van der Waals surface area (Å²) in [5.74, 6) is 0.889. The molecule has 1 amide bonds. The number of rotatable bonds is 14. The van der Waals surface area contributed by atoms with Crippen LogP contribution in [-0.2, 0) is 25.6 Å². The van der Waals surface area contributed by atoms with Gasteiger partial charge in [0.2, 0.25) is 5.91 Å². The van der Waals surface area contributed by atoms with Gasteiger partial charge >= 0.3 is 0 Å². The van der Waals surface area contributed by atoms with E-state index in [1.165, 1.54) is 25.8 Å². The number of halogens is 1. The van der Waals surface area contributed by atoms with Crippen molar-refractivity contribution in [2.45, 2.75) is 81.9 Å². The maximum absolute atomic E-state index is 13.9. The number of amides is 1. The fourth-order valence-electron chi connectivity index (χ4n) is 5.22. The Balaban J connectivity index is 1.59. The van der Waals surface area contributed by atoms with E-state index >= 15 is 0 Å². The summed E-state index contributed by atoms with van der Waals surface area (Å²) >= 11 is 6.72. The van der Waals surface area contributed by atoms with Gasteiger partial charge in [0, 0.05) is 24.6 Å². The minimum atomic E-state index is -4.07. The van der Waals surface area contributed by atoms with Crippen LogP contribution in [0.4, 0.5) is 11.4 Å². The van der Waals surface area contributed by atoms with E-state index in [0.29, 0.717) is 23.6 Å². The number of fused-ring (bicyclic) bond motifs is 1. The molecule has 47 heavy (non-hydrogen) atoms. The fraction of sp³-hybridized carbons (Fsp3) is 0.444. The highest BCUT2D eigenvalue weighted by molar-refractivity contribution is 7.90. The first-order valence-corrected chi connectivity index (χ1v) is 17.7. The number of benzene rings is 3. The molecule has 0 radical (unpaired) electrons. The van der Waals surface area contributed by atoms with Crippen molar-refractivity contribution >= 4 is 44.7 Å². The van der Waals surface area contributed by atoms with Gasteiger partial charge in [0.25, 0.3) is 10.0 Å². The number of hydrogen-bond donors (Lipinski definition) is 1. The lowest BCUT2D eigenvalue weighted by Gasteiger charge is -2.32. The van der Waals surface area contributed by atoms with Gasteiger partial charge in [-0.2, -0.15) is 0 Å². The topological polar surface area (TPSA) is 107 Å². The standard InChI is InChI=1S/C36H46ClN3O6S/c1-9-35(3,4)24-16-18-29(26(22-24)36(5,6)10-2)46-21-13-20-40-33(38-27-14-11-12-15-31(27)47(40,42)43)32(37)34(41)39-28-23-25(44-7)17-19-30(28)45-8/h11-12,14-19,22-23,32H,9-10,13,20-21H2,1-8H3,(H,39,41). The summed E-state index contributed by atoms with van der Waals surface area (Å²) in [7, 11) is -1.10. The number of carbonyl (C=O) groups excluding carboxylic acids is 1. The minimum Gasteiger partial charge on any atom is -0.497 e. The van der Waals surface area contributed by atoms with Gasteiger partial charge in [-0.1, -0.05) is 65.8 Å². The third-order valence-corrected chi connectivity index (χ3v) is 11.3. The van der Waals surface area contributed by atoms with E-state index in [-0.39, 0.29) is 40.4 Å². The number of para-hydroxylation sites is 1. The van der Waals surface area contributed by atoms with Crippen LogP contribution in [0.25, 0.3) is 0 Å². The highest BCUT2D eigenvalue weighted by Crippen LogP contribution is 2.39. The lowest BCUT2D eigenvalue weighted by Crippen LogP contribution is -2.47. The zero-order valence-corrected chi connectivity index (χ0v) is 30.1. The summed E-state index contributed by atoms with van der Waals surface area (Å²) in [5, 5.41) is 1.29. The average molecular weight is 684 g/mol. The normalized spacial score (nSPS) is 14.9. The molecular formula is C36H46ClN3O6S. The van der Waals surface area contributed by atoms with Crippen LogP contribution in [0.2, 0.25) is 0 Å². The molecule has 3 aromatic carbocycles. The number of ether oxygens (including phenoxy) is 3. The molecular weight excluding hydrogens is 638 g/mol. The molecule has 1 aliphatic heterocycles. The van der Waals surface area contributed by atoms with Crippen molar-refractivity contribution in [2.75, 3.05) is 32.7 Å². The number of alkyl halides is 1. The van der Waals surface area contributed by atoms with Gasteiger partial charge in [-0.3, -0.25) is 9.10 Å². The number of carbonyl (C=O) groups is 1. The maximum Gasteiger partial charge on any atom is 0.267 e. The van der Waals surface area contributed by atoms with Gasteiger partial charge in [0.05, 0.1) is 32.2 Å². The Bertz CT molecular complexity index is 1740. The molecule has 4 rings (SSSR count). The van der Waals surface area contributed by atoms with Crippen LogP contribution in [-0.4, -0.2) is 57.2 Å². The predicted octanol–water partition coefficient (Wildman–Crippen LogP) is 7.83. The summed E-state index contributed by atoms with van der Waals surface area (Å²) in [4.78, 5) is 18.1. The number of anilines is 1. The highest BCUT2D eigenvalue weighted by Gasteiger charge is 2.39. The fourth-order valence-corrected chi connectivity index (χ4v) is 7.13.